The lowest BCUT2D eigenvalue weighted by Gasteiger charge is -2.10. The van der Waals surface area contributed by atoms with Crippen molar-refractivity contribution in [1.29, 1.82) is 0 Å². The highest BCUT2D eigenvalue weighted by molar-refractivity contribution is 9.10. The zero-order valence-corrected chi connectivity index (χ0v) is 9.65. The Morgan fingerprint density at radius 1 is 1.43 bits per heavy atom. The summed E-state index contributed by atoms with van der Waals surface area (Å²) in [6.45, 7) is 1.54. The van der Waals surface area contributed by atoms with E-state index in [9.17, 15) is 4.79 Å². The third-order valence-electron chi connectivity index (χ3n) is 2.53. The molecule has 2 nitrogen and oxygen atoms in total. The van der Waals surface area contributed by atoms with E-state index in [1.54, 1.807) is 6.92 Å². The van der Waals surface area contributed by atoms with Crippen molar-refractivity contribution in [1.82, 2.24) is 0 Å². The third kappa shape index (κ3) is 1.69. The van der Waals surface area contributed by atoms with E-state index in [1.807, 2.05) is 6.07 Å². The van der Waals surface area contributed by atoms with Crippen LogP contribution in [-0.2, 0) is 17.6 Å². The molecule has 1 amide bonds. The number of carbonyl (C=O) groups is 1. The quantitative estimate of drug-likeness (QED) is 0.820. The maximum atomic E-state index is 11.0. The van der Waals surface area contributed by atoms with Crippen molar-refractivity contribution in [2.45, 2.75) is 26.2 Å². The Morgan fingerprint density at radius 3 is 2.93 bits per heavy atom. The highest BCUT2D eigenvalue weighted by atomic mass is 79.9. The Labute approximate surface area is 91.8 Å². The largest absolute Gasteiger partial charge is 0.325 e. The van der Waals surface area contributed by atoms with Gasteiger partial charge in [-0.15, -0.1) is 0 Å². The molecule has 0 saturated carbocycles. The second-order valence-corrected chi connectivity index (χ2v) is 4.45. The number of fused-ring (bicyclic) bond motifs is 1. The van der Waals surface area contributed by atoms with E-state index in [-0.39, 0.29) is 5.91 Å². The summed E-state index contributed by atoms with van der Waals surface area (Å²) in [5, 5.41) is 2.89. The summed E-state index contributed by atoms with van der Waals surface area (Å²) < 4.78 is 0.980. The highest BCUT2D eigenvalue weighted by Gasteiger charge is 2.17. The lowest BCUT2D eigenvalue weighted by atomic mass is 10.1. The van der Waals surface area contributed by atoms with Crippen LogP contribution in [0.3, 0.4) is 0 Å². The minimum atomic E-state index is -0.00833. The smallest absolute Gasteiger partial charge is 0.221 e. The molecule has 0 atom stereocenters. The van der Waals surface area contributed by atoms with Gasteiger partial charge in [-0.1, -0.05) is 6.07 Å². The summed E-state index contributed by atoms with van der Waals surface area (Å²) in [6, 6.07) is 4.15. The van der Waals surface area contributed by atoms with Gasteiger partial charge in [0.25, 0.3) is 0 Å². The van der Waals surface area contributed by atoms with E-state index >= 15 is 0 Å². The normalized spacial score (nSPS) is 13.9. The van der Waals surface area contributed by atoms with Crippen LogP contribution in [-0.4, -0.2) is 5.91 Å². The van der Waals surface area contributed by atoms with E-state index in [1.165, 1.54) is 17.5 Å². The van der Waals surface area contributed by atoms with Crippen LogP contribution >= 0.6 is 15.9 Å². The lowest BCUT2D eigenvalue weighted by Crippen LogP contribution is -2.08. The van der Waals surface area contributed by atoms with Gasteiger partial charge in [-0.2, -0.15) is 0 Å². The summed E-state index contributed by atoms with van der Waals surface area (Å²) in [7, 11) is 0. The van der Waals surface area contributed by atoms with E-state index in [4.69, 9.17) is 0 Å². The van der Waals surface area contributed by atoms with E-state index in [2.05, 4.69) is 27.3 Å². The number of aryl methyl sites for hydroxylation is 1. The number of benzene rings is 1. The van der Waals surface area contributed by atoms with Crippen LogP contribution in [0.5, 0.6) is 0 Å². The summed E-state index contributed by atoms with van der Waals surface area (Å²) in [4.78, 5) is 11.0. The number of rotatable bonds is 1. The average Bonchev–Trinajstić information content (AvgIpc) is 2.57. The molecular formula is C11H12BrNO. The molecule has 0 unspecified atom stereocenters. The monoisotopic (exact) mass is 253 g/mol. The van der Waals surface area contributed by atoms with Crippen LogP contribution < -0.4 is 5.32 Å². The van der Waals surface area contributed by atoms with Gasteiger partial charge in [0.2, 0.25) is 5.91 Å². The molecule has 3 heteroatoms. The van der Waals surface area contributed by atoms with Gasteiger partial charge in [-0.05, 0) is 52.4 Å². The summed E-state index contributed by atoms with van der Waals surface area (Å²) >= 11 is 3.46. The predicted octanol–water partition coefficient (Wildman–Crippen LogP) is 2.90. The van der Waals surface area contributed by atoms with Crippen molar-refractivity contribution in [3.63, 3.8) is 0 Å². The molecule has 74 valence electrons. The number of amides is 1. The molecule has 0 aromatic heterocycles. The Balaban J connectivity index is 2.46. The van der Waals surface area contributed by atoms with Gasteiger partial charge in [0.05, 0.1) is 5.69 Å². The van der Waals surface area contributed by atoms with Crippen molar-refractivity contribution in [3.05, 3.63) is 27.7 Å². The van der Waals surface area contributed by atoms with Crippen LogP contribution in [0.15, 0.2) is 16.6 Å². The van der Waals surface area contributed by atoms with Crippen LogP contribution in [0.4, 0.5) is 5.69 Å². The molecular weight excluding hydrogens is 242 g/mol. The van der Waals surface area contributed by atoms with Gasteiger partial charge < -0.3 is 5.32 Å². The SMILES string of the molecule is CC(=O)Nc1c(Br)ccc2c1CCC2. The van der Waals surface area contributed by atoms with E-state index in [0.29, 0.717) is 0 Å². The average molecular weight is 254 g/mol. The Hall–Kier alpha value is -0.830. The van der Waals surface area contributed by atoms with Gasteiger partial charge in [0.1, 0.15) is 0 Å². The minimum absolute atomic E-state index is 0.00833. The number of carbonyl (C=O) groups excluding carboxylic acids is 1. The molecule has 0 bridgehead atoms. The zero-order chi connectivity index (χ0) is 10.1. The van der Waals surface area contributed by atoms with Crippen LogP contribution in [0.1, 0.15) is 24.5 Å². The first-order valence-corrected chi connectivity index (χ1v) is 5.55. The van der Waals surface area contributed by atoms with Gasteiger partial charge in [0, 0.05) is 11.4 Å². The molecule has 1 aliphatic carbocycles. The molecule has 1 aromatic carbocycles. The van der Waals surface area contributed by atoms with E-state index in [0.717, 1.165) is 23.0 Å². The molecule has 0 heterocycles. The highest BCUT2D eigenvalue weighted by Crippen LogP contribution is 2.34. The molecule has 1 aromatic rings. The lowest BCUT2D eigenvalue weighted by molar-refractivity contribution is -0.114. The Bertz CT molecular complexity index is 387. The number of anilines is 1. The maximum Gasteiger partial charge on any atom is 0.221 e. The molecule has 2 rings (SSSR count). The van der Waals surface area contributed by atoms with Gasteiger partial charge in [-0.3, -0.25) is 4.79 Å². The third-order valence-corrected chi connectivity index (χ3v) is 3.19. The zero-order valence-electron chi connectivity index (χ0n) is 8.06. The first-order valence-electron chi connectivity index (χ1n) is 4.76. The van der Waals surface area contributed by atoms with Crippen LogP contribution in [0, 0.1) is 0 Å². The molecule has 1 aliphatic rings. The Morgan fingerprint density at radius 2 is 2.21 bits per heavy atom. The summed E-state index contributed by atoms with van der Waals surface area (Å²) in [5.74, 6) is -0.00833. The molecule has 0 radical (unpaired) electrons. The van der Waals surface area contributed by atoms with Crippen LogP contribution in [0.2, 0.25) is 0 Å². The number of hydrogen-bond donors (Lipinski definition) is 1. The second-order valence-electron chi connectivity index (χ2n) is 3.59. The van der Waals surface area contributed by atoms with Gasteiger partial charge in [0.15, 0.2) is 0 Å². The van der Waals surface area contributed by atoms with E-state index < -0.39 is 0 Å². The molecule has 0 fully saturated rings. The molecule has 0 spiro atoms. The first kappa shape index (κ1) is 9.71. The van der Waals surface area contributed by atoms with Crippen molar-refractivity contribution < 1.29 is 4.79 Å². The van der Waals surface area contributed by atoms with Crippen molar-refractivity contribution >= 4 is 27.5 Å². The minimum Gasteiger partial charge on any atom is -0.325 e. The first-order chi connectivity index (χ1) is 6.68. The molecule has 0 aliphatic heterocycles. The standard InChI is InChI=1S/C11H12BrNO/c1-7(14)13-11-9-4-2-3-8(9)5-6-10(11)12/h5-6H,2-4H2,1H3,(H,13,14). The number of hydrogen-bond acceptors (Lipinski definition) is 1. The fourth-order valence-electron chi connectivity index (χ4n) is 1.95. The topological polar surface area (TPSA) is 29.1 Å². The van der Waals surface area contributed by atoms with Crippen molar-refractivity contribution in [3.8, 4) is 0 Å². The Kier molecular flexibility index (Phi) is 2.59. The summed E-state index contributed by atoms with van der Waals surface area (Å²) in [5.41, 5.74) is 3.64. The fraction of sp³-hybridized carbons (Fsp3) is 0.364. The van der Waals surface area contributed by atoms with Gasteiger partial charge >= 0.3 is 0 Å². The van der Waals surface area contributed by atoms with Crippen LogP contribution in [0.25, 0.3) is 0 Å². The maximum absolute atomic E-state index is 11.0. The second kappa shape index (κ2) is 3.73. The van der Waals surface area contributed by atoms with Crippen molar-refractivity contribution in [2.24, 2.45) is 0 Å². The molecule has 1 N–H and O–H groups in total. The fourth-order valence-corrected chi connectivity index (χ4v) is 2.42. The van der Waals surface area contributed by atoms with Gasteiger partial charge in [-0.25, -0.2) is 0 Å². The molecule has 14 heavy (non-hydrogen) atoms. The predicted molar refractivity (Wildman–Crippen MR) is 60.5 cm³/mol. The number of halogens is 1. The number of nitrogens with one attached hydrogen (secondary N) is 1. The summed E-state index contributed by atoms with van der Waals surface area (Å²) in [6.07, 6.45) is 3.40. The molecule has 0 saturated heterocycles. The van der Waals surface area contributed by atoms with Crippen molar-refractivity contribution in [2.75, 3.05) is 5.32 Å².